The summed E-state index contributed by atoms with van der Waals surface area (Å²) in [5.74, 6) is -0.355. The van der Waals surface area contributed by atoms with Crippen molar-refractivity contribution >= 4 is 11.9 Å². The normalized spacial score (nSPS) is 9.91. The fourth-order valence-corrected chi connectivity index (χ4v) is 1.83. The zero-order valence-corrected chi connectivity index (χ0v) is 12.5. The maximum Gasteiger partial charge on any atom is 0.338 e. The lowest BCUT2D eigenvalue weighted by Gasteiger charge is -2.06. The van der Waals surface area contributed by atoms with Gasteiger partial charge in [0.25, 0.3) is 0 Å². The lowest BCUT2D eigenvalue weighted by atomic mass is 10.0. The minimum absolute atomic E-state index is 0.350. The maximum absolute atomic E-state index is 11.4. The molecule has 4 nitrogen and oxygen atoms in total. The van der Waals surface area contributed by atoms with Crippen molar-refractivity contribution in [2.45, 2.75) is 6.92 Å². The predicted octanol–water partition coefficient (Wildman–Crippen LogP) is 3.62. The Bertz CT molecular complexity index is 697. The topological polar surface area (TPSA) is 52.6 Å². The SMILES string of the molecule is C=C(C)C(=O)Oc1ccc(-c2ccc(C(=O)OC)cc2)cc1. The van der Waals surface area contributed by atoms with E-state index in [1.807, 2.05) is 24.3 Å². The summed E-state index contributed by atoms with van der Waals surface area (Å²) in [6, 6.07) is 14.2. The van der Waals surface area contributed by atoms with Crippen molar-refractivity contribution in [1.29, 1.82) is 0 Å². The van der Waals surface area contributed by atoms with Crippen LogP contribution >= 0.6 is 0 Å². The summed E-state index contributed by atoms with van der Waals surface area (Å²) < 4.78 is 9.79. The van der Waals surface area contributed by atoms with E-state index in [1.165, 1.54) is 7.11 Å². The van der Waals surface area contributed by atoms with E-state index in [2.05, 4.69) is 11.3 Å². The van der Waals surface area contributed by atoms with Gasteiger partial charge in [0.2, 0.25) is 0 Å². The molecule has 0 fully saturated rings. The highest BCUT2D eigenvalue weighted by Gasteiger charge is 2.07. The van der Waals surface area contributed by atoms with Crippen molar-refractivity contribution in [1.82, 2.24) is 0 Å². The summed E-state index contributed by atoms with van der Waals surface area (Å²) in [6.07, 6.45) is 0. The number of rotatable bonds is 4. The maximum atomic E-state index is 11.4. The van der Waals surface area contributed by atoms with E-state index >= 15 is 0 Å². The Balaban J connectivity index is 2.15. The van der Waals surface area contributed by atoms with Gasteiger partial charge in [0.05, 0.1) is 12.7 Å². The van der Waals surface area contributed by atoms with Crippen LogP contribution in [-0.2, 0) is 9.53 Å². The molecule has 0 atom stereocenters. The summed E-state index contributed by atoms with van der Waals surface area (Å²) in [7, 11) is 1.35. The van der Waals surface area contributed by atoms with Crippen molar-refractivity contribution in [3.63, 3.8) is 0 Å². The van der Waals surface area contributed by atoms with Crippen LogP contribution in [0.15, 0.2) is 60.7 Å². The molecule has 0 aromatic heterocycles. The standard InChI is InChI=1S/C18H16O4/c1-12(2)17(19)22-16-10-8-14(9-11-16)13-4-6-15(7-5-13)18(20)21-3/h4-11H,1H2,2-3H3. The number of methoxy groups -OCH3 is 1. The van der Waals surface area contributed by atoms with Gasteiger partial charge in [-0.3, -0.25) is 0 Å². The Labute approximate surface area is 129 Å². The van der Waals surface area contributed by atoms with Crippen molar-refractivity contribution < 1.29 is 19.1 Å². The number of benzene rings is 2. The quantitative estimate of drug-likeness (QED) is 0.491. The van der Waals surface area contributed by atoms with Gasteiger partial charge in [-0.15, -0.1) is 0 Å². The number of carbonyl (C=O) groups excluding carboxylic acids is 2. The van der Waals surface area contributed by atoms with Crippen LogP contribution in [0.3, 0.4) is 0 Å². The number of ether oxygens (including phenoxy) is 2. The summed E-state index contributed by atoms with van der Waals surface area (Å²) in [4.78, 5) is 22.8. The van der Waals surface area contributed by atoms with Gasteiger partial charge >= 0.3 is 11.9 Å². The van der Waals surface area contributed by atoms with Gasteiger partial charge < -0.3 is 9.47 Å². The van der Waals surface area contributed by atoms with Crippen molar-refractivity contribution in [3.8, 4) is 16.9 Å². The van der Waals surface area contributed by atoms with Gasteiger partial charge in [-0.05, 0) is 42.3 Å². The number of esters is 2. The molecule has 2 aromatic carbocycles. The van der Waals surface area contributed by atoms with E-state index in [1.54, 1.807) is 31.2 Å². The Morgan fingerprint density at radius 3 is 1.86 bits per heavy atom. The molecule has 4 heteroatoms. The molecule has 0 aliphatic rings. The van der Waals surface area contributed by atoms with Gasteiger partial charge in [-0.2, -0.15) is 0 Å². The highest BCUT2D eigenvalue weighted by molar-refractivity contribution is 5.90. The van der Waals surface area contributed by atoms with Crippen molar-refractivity contribution in [2.75, 3.05) is 7.11 Å². The third kappa shape index (κ3) is 3.61. The molecule has 0 bridgehead atoms. The van der Waals surface area contributed by atoms with E-state index in [0.29, 0.717) is 16.9 Å². The van der Waals surface area contributed by atoms with Gasteiger partial charge in [0.15, 0.2) is 0 Å². The van der Waals surface area contributed by atoms with E-state index in [9.17, 15) is 9.59 Å². The van der Waals surface area contributed by atoms with Crippen LogP contribution in [-0.4, -0.2) is 19.0 Å². The lowest BCUT2D eigenvalue weighted by molar-refractivity contribution is -0.130. The molecule has 2 aromatic rings. The second-order valence-corrected chi connectivity index (χ2v) is 4.76. The Kier molecular flexibility index (Phi) is 4.73. The lowest BCUT2D eigenvalue weighted by Crippen LogP contribution is -2.07. The van der Waals surface area contributed by atoms with Crippen LogP contribution in [0.1, 0.15) is 17.3 Å². The molecule has 0 unspecified atom stereocenters. The average molecular weight is 296 g/mol. The first kappa shape index (κ1) is 15.5. The molecule has 0 saturated heterocycles. The minimum Gasteiger partial charge on any atom is -0.465 e. The average Bonchev–Trinajstić information content (AvgIpc) is 2.55. The van der Waals surface area contributed by atoms with Gasteiger partial charge in [0.1, 0.15) is 5.75 Å². The molecular formula is C18H16O4. The van der Waals surface area contributed by atoms with E-state index in [4.69, 9.17) is 4.74 Å². The second kappa shape index (κ2) is 6.72. The van der Waals surface area contributed by atoms with Crippen molar-refractivity contribution in [2.24, 2.45) is 0 Å². The Hall–Kier alpha value is -2.88. The molecule has 0 amide bonds. The Morgan fingerprint density at radius 2 is 1.41 bits per heavy atom. The zero-order valence-electron chi connectivity index (χ0n) is 12.5. The minimum atomic E-state index is -0.449. The van der Waals surface area contributed by atoms with Crippen molar-refractivity contribution in [3.05, 3.63) is 66.2 Å². The predicted molar refractivity (Wildman–Crippen MR) is 83.7 cm³/mol. The molecule has 0 heterocycles. The fourth-order valence-electron chi connectivity index (χ4n) is 1.83. The molecule has 112 valence electrons. The third-order valence-electron chi connectivity index (χ3n) is 3.05. The van der Waals surface area contributed by atoms with Gasteiger partial charge in [-0.25, -0.2) is 9.59 Å². The first-order valence-corrected chi connectivity index (χ1v) is 6.68. The summed E-state index contributed by atoms with van der Waals surface area (Å²) in [5, 5.41) is 0. The molecule has 0 saturated carbocycles. The highest BCUT2D eigenvalue weighted by atomic mass is 16.5. The molecule has 0 spiro atoms. The first-order valence-electron chi connectivity index (χ1n) is 6.68. The Morgan fingerprint density at radius 1 is 0.909 bits per heavy atom. The van der Waals surface area contributed by atoms with Gasteiger partial charge in [-0.1, -0.05) is 30.8 Å². The zero-order chi connectivity index (χ0) is 16.1. The molecule has 0 aliphatic heterocycles. The molecule has 22 heavy (non-hydrogen) atoms. The van der Waals surface area contributed by atoms with Crippen LogP contribution in [0.2, 0.25) is 0 Å². The van der Waals surface area contributed by atoms with Crippen LogP contribution in [0.25, 0.3) is 11.1 Å². The van der Waals surface area contributed by atoms with Gasteiger partial charge in [0, 0.05) is 5.57 Å². The summed E-state index contributed by atoms with van der Waals surface area (Å²) in [6.45, 7) is 5.13. The third-order valence-corrected chi connectivity index (χ3v) is 3.05. The molecule has 0 aliphatic carbocycles. The molecule has 0 N–H and O–H groups in total. The highest BCUT2D eigenvalue weighted by Crippen LogP contribution is 2.23. The van der Waals surface area contributed by atoms with Crippen LogP contribution in [0, 0.1) is 0 Å². The smallest absolute Gasteiger partial charge is 0.338 e. The van der Waals surface area contributed by atoms with Crippen LogP contribution in [0.4, 0.5) is 0 Å². The van der Waals surface area contributed by atoms with E-state index in [-0.39, 0.29) is 5.97 Å². The summed E-state index contributed by atoms with van der Waals surface area (Å²) in [5.41, 5.74) is 2.75. The van der Waals surface area contributed by atoms with E-state index in [0.717, 1.165) is 11.1 Å². The molecule has 2 rings (SSSR count). The largest absolute Gasteiger partial charge is 0.465 e. The molecular weight excluding hydrogens is 280 g/mol. The van der Waals surface area contributed by atoms with E-state index < -0.39 is 5.97 Å². The number of hydrogen-bond acceptors (Lipinski definition) is 4. The number of hydrogen-bond donors (Lipinski definition) is 0. The molecule has 0 radical (unpaired) electrons. The van der Waals surface area contributed by atoms with Crippen LogP contribution < -0.4 is 4.74 Å². The summed E-state index contributed by atoms with van der Waals surface area (Å²) >= 11 is 0. The second-order valence-electron chi connectivity index (χ2n) is 4.76. The first-order chi connectivity index (χ1) is 10.5. The monoisotopic (exact) mass is 296 g/mol. The number of carbonyl (C=O) groups is 2. The van der Waals surface area contributed by atoms with Crippen LogP contribution in [0.5, 0.6) is 5.75 Å². The fraction of sp³-hybridized carbons (Fsp3) is 0.111.